The molecule has 1 atom stereocenters. The van der Waals surface area contributed by atoms with E-state index in [2.05, 4.69) is 12.2 Å². The Morgan fingerprint density at radius 2 is 2.29 bits per heavy atom. The lowest BCUT2D eigenvalue weighted by Gasteiger charge is -2.22. The molecular weight excluding hydrogens is 176 g/mol. The minimum atomic E-state index is 0.0131. The average molecular weight is 198 g/mol. The van der Waals surface area contributed by atoms with Crippen molar-refractivity contribution in [3.8, 4) is 0 Å². The van der Waals surface area contributed by atoms with Crippen molar-refractivity contribution < 1.29 is 4.79 Å². The van der Waals surface area contributed by atoms with Crippen LogP contribution in [0.5, 0.6) is 0 Å². The molecule has 0 aromatic carbocycles. The molecule has 0 aromatic rings. The summed E-state index contributed by atoms with van der Waals surface area (Å²) in [5, 5.41) is 3.22. The van der Waals surface area contributed by atoms with Crippen LogP contribution in [-0.4, -0.2) is 36.5 Å². The molecule has 0 aliphatic carbocycles. The highest BCUT2D eigenvalue weighted by atomic mass is 16.2. The zero-order valence-corrected chi connectivity index (χ0v) is 9.38. The van der Waals surface area contributed by atoms with Crippen LogP contribution in [0.15, 0.2) is 0 Å². The summed E-state index contributed by atoms with van der Waals surface area (Å²) in [6, 6.07) is 0.0131. The van der Waals surface area contributed by atoms with E-state index in [1.54, 1.807) is 0 Å². The van der Waals surface area contributed by atoms with Gasteiger partial charge in [-0.05, 0) is 26.3 Å². The van der Waals surface area contributed by atoms with Gasteiger partial charge >= 0.3 is 0 Å². The number of carbonyl (C=O) groups is 1. The third-order valence-corrected chi connectivity index (χ3v) is 2.77. The molecule has 3 nitrogen and oxygen atoms in total. The van der Waals surface area contributed by atoms with Crippen molar-refractivity contribution in [2.45, 2.75) is 45.6 Å². The first-order valence-electron chi connectivity index (χ1n) is 5.78. The summed E-state index contributed by atoms with van der Waals surface area (Å²) in [6.45, 7) is 6.99. The number of amides is 1. The molecule has 1 heterocycles. The van der Waals surface area contributed by atoms with Crippen LogP contribution < -0.4 is 5.32 Å². The maximum Gasteiger partial charge on any atom is 0.239 e. The molecule has 0 spiro atoms. The van der Waals surface area contributed by atoms with Crippen LogP contribution in [0.1, 0.15) is 39.5 Å². The monoisotopic (exact) mass is 198 g/mol. The van der Waals surface area contributed by atoms with Gasteiger partial charge in [0.2, 0.25) is 5.91 Å². The molecule has 1 rings (SSSR count). The van der Waals surface area contributed by atoms with E-state index in [0.29, 0.717) is 0 Å². The van der Waals surface area contributed by atoms with Crippen molar-refractivity contribution >= 4 is 5.91 Å². The van der Waals surface area contributed by atoms with E-state index in [1.165, 1.54) is 12.8 Å². The van der Waals surface area contributed by atoms with E-state index in [9.17, 15) is 4.79 Å². The van der Waals surface area contributed by atoms with E-state index >= 15 is 0 Å². The Morgan fingerprint density at radius 1 is 1.50 bits per heavy atom. The summed E-state index contributed by atoms with van der Waals surface area (Å²) in [5.41, 5.74) is 0. The maximum absolute atomic E-state index is 11.8. The Kier molecular flexibility index (Phi) is 4.94. The number of rotatable bonds is 4. The number of hydrogen-bond donors (Lipinski definition) is 1. The van der Waals surface area contributed by atoms with Crippen LogP contribution >= 0.6 is 0 Å². The van der Waals surface area contributed by atoms with Gasteiger partial charge < -0.3 is 10.2 Å². The molecule has 82 valence electrons. The van der Waals surface area contributed by atoms with Gasteiger partial charge in [0.15, 0.2) is 0 Å². The second kappa shape index (κ2) is 6.02. The van der Waals surface area contributed by atoms with Gasteiger partial charge in [-0.15, -0.1) is 0 Å². The molecule has 3 heteroatoms. The standard InChI is InChI=1S/C11H22N2O/c1-3-4-5-8-13-9-6-7-12-10(2)11(13)14/h10,12H,3-9H2,1-2H3. The SMILES string of the molecule is CCCCCN1CCCNC(C)C1=O. The lowest BCUT2D eigenvalue weighted by molar-refractivity contribution is -0.132. The van der Waals surface area contributed by atoms with Gasteiger partial charge in [-0.25, -0.2) is 0 Å². The van der Waals surface area contributed by atoms with Crippen LogP contribution in [0.4, 0.5) is 0 Å². The lowest BCUT2D eigenvalue weighted by atomic mass is 10.2. The summed E-state index contributed by atoms with van der Waals surface area (Å²) in [4.78, 5) is 13.8. The van der Waals surface area contributed by atoms with Gasteiger partial charge in [0.1, 0.15) is 0 Å². The van der Waals surface area contributed by atoms with Gasteiger partial charge in [0, 0.05) is 13.1 Å². The number of carbonyl (C=O) groups excluding carboxylic acids is 1. The highest BCUT2D eigenvalue weighted by Crippen LogP contribution is 2.05. The number of nitrogens with zero attached hydrogens (tertiary/aromatic N) is 1. The average Bonchev–Trinajstić information content (AvgIpc) is 2.33. The molecule has 0 bridgehead atoms. The van der Waals surface area contributed by atoms with Crippen molar-refractivity contribution in [3.05, 3.63) is 0 Å². The molecule has 1 saturated heterocycles. The van der Waals surface area contributed by atoms with E-state index in [-0.39, 0.29) is 11.9 Å². The predicted octanol–water partition coefficient (Wildman–Crippen LogP) is 1.39. The first kappa shape index (κ1) is 11.5. The van der Waals surface area contributed by atoms with Gasteiger partial charge in [0.25, 0.3) is 0 Å². The Labute approximate surface area is 86.9 Å². The van der Waals surface area contributed by atoms with Gasteiger partial charge in [-0.1, -0.05) is 19.8 Å². The van der Waals surface area contributed by atoms with Crippen molar-refractivity contribution in [3.63, 3.8) is 0 Å². The molecule has 0 radical (unpaired) electrons. The first-order valence-corrected chi connectivity index (χ1v) is 5.78. The number of hydrogen-bond acceptors (Lipinski definition) is 2. The number of nitrogens with one attached hydrogen (secondary N) is 1. The van der Waals surface area contributed by atoms with E-state index in [0.717, 1.165) is 32.5 Å². The molecule has 0 saturated carbocycles. The van der Waals surface area contributed by atoms with Crippen LogP contribution in [0.3, 0.4) is 0 Å². The molecule has 1 N–H and O–H groups in total. The normalized spacial score (nSPS) is 23.7. The zero-order chi connectivity index (χ0) is 10.4. The molecule has 1 amide bonds. The Bertz CT molecular complexity index is 182. The number of unbranched alkanes of at least 4 members (excludes halogenated alkanes) is 2. The van der Waals surface area contributed by atoms with Crippen molar-refractivity contribution in [1.29, 1.82) is 0 Å². The largest absolute Gasteiger partial charge is 0.341 e. The van der Waals surface area contributed by atoms with Crippen molar-refractivity contribution in [2.24, 2.45) is 0 Å². The van der Waals surface area contributed by atoms with Crippen LogP contribution in [0.25, 0.3) is 0 Å². The Morgan fingerprint density at radius 3 is 3.00 bits per heavy atom. The summed E-state index contributed by atoms with van der Waals surface area (Å²) in [7, 11) is 0. The molecule has 1 fully saturated rings. The Balaban J connectivity index is 2.36. The first-order chi connectivity index (χ1) is 6.75. The summed E-state index contributed by atoms with van der Waals surface area (Å²) in [6.07, 6.45) is 4.68. The second-order valence-electron chi connectivity index (χ2n) is 4.06. The summed E-state index contributed by atoms with van der Waals surface area (Å²) >= 11 is 0. The fourth-order valence-corrected chi connectivity index (χ4v) is 1.83. The van der Waals surface area contributed by atoms with Crippen molar-refractivity contribution in [2.75, 3.05) is 19.6 Å². The van der Waals surface area contributed by atoms with E-state index in [4.69, 9.17) is 0 Å². The zero-order valence-electron chi connectivity index (χ0n) is 9.38. The topological polar surface area (TPSA) is 32.3 Å². The van der Waals surface area contributed by atoms with Crippen LogP contribution in [-0.2, 0) is 4.79 Å². The third kappa shape index (κ3) is 3.29. The van der Waals surface area contributed by atoms with Gasteiger partial charge in [-0.2, -0.15) is 0 Å². The minimum Gasteiger partial charge on any atom is -0.341 e. The molecular formula is C11H22N2O. The van der Waals surface area contributed by atoms with E-state index in [1.807, 2.05) is 11.8 Å². The highest BCUT2D eigenvalue weighted by Gasteiger charge is 2.21. The summed E-state index contributed by atoms with van der Waals surface area (Å²) in [5.74, 6) is 0.276. The fourth-order valence-electron chi connectivity index (χ4n) is 1.83. The maximum atomic E-state index is 11.8. The van der Waals surface area contributed by atoms with E-state index < -0.39 is 0 Å². The van der Waals surface area contributed by atoms with Crippen LogP contribution in [0, 0.1) is 0 Å². The highest BCUT2D eigenvalue weighted by molar-refractivity contribution is 5.81. The third-order valence-electron chi connectivity index (χ3n) is 2.77. The quantitative estimate of drug-likeness (QED) is 0.692. The van der Waals surface area contributed by atoms with Crippen molar-refractivity contribution in [1.82, 2.24) is 10.2 Å². The second-order valence-corrected chi connectivity index (χ2v) is 4.06. The molecule has 0 aromatic heterocycles. The molecule has 1 aliphatic heterocycles. The summed E-state index contributed by atoms with van der Waals surface area (Å²) < 4.78 is 0. The van der Waals surface area contributed by atoms with Gasteiger partial charge in [0.05, 0.1) is 6.04 Å². The molecule has 14 heavy (non-hydrogen) atoms. The Hall–Kier alpha value is -0.570. The minimum absolute atomic E-state index is 0.0131. The van der Waals surface area contributed by atoms with Gasteiger partial charge in [-0.3, -0.25) is 4.79 Å². The fraction of sp³-hybridized carbons (Fsp3) is 0.909. The molecule has 1 aliphatic rings. The predicted molar refractivity (Wildman–Crippen MR) is 58.2 cm³/mol. The molecule has 1 unspecified atom stereocenters. The lowest BCUT2D eigenvalue weighted by Crippen LogP contribution is -2.42. The van der Waals surface area contributed by atoms with Crippen LogP contribution in [0.2, 0.25) is 0 Å². The smallest absolute Gasteiger partial charge is 0.239 e.